The maximum atomic E-state index is 6.21. The average molecular weight is 269 g/mol. The van der Waals surface area contributed by atoms with E-state index in [-0.39, 0.29) is 11.1 Å². The Kier molecular flexibility index (Phi) is 4.88. The van der Waals surface area contributed by atoms with Gasteiger partial charge in [0.2, 0.25) is 0 Å². The van der Waals surface area contributed by atoms with Crippen molar-refractivity contribution in [1.82, 2.24) is 9.80 Å². The molecular weight excluding hydrogens is 238 g/mol. The Morgan fingerprint density at radius 1 is 1.16 bits per heavy atom. The van der Waals surface area contributed by atoms with E-state index in [0.29, 0.717) is 0 Å². The Labute approximate surface area is 118 Å². The molecule has 0 spiro atoms. The van der Waals surface area contributed by atoms with E-state index in [4.69, 9.17) is 10.5 Å². The first-order valence-corrected chi connectivity index (χ1v) is 7.82. The molecule has 0 aromatic heterocycles. The molecule has 2 N–H and O–H groups in total. The highest BCUT2D eigenvalue weighted by Crippen LogP contribution is 2.35. The summed E-state index contributed by atoms with van der Waals surface area (Å²) >= 11 is 0. The van der Waals surface area contributed by atoms with Crippen LogP contribution in [0.5, 0.6) is 0 Å². The predicted octanol–water partition coefficient (Wildman–Crippen LogP) is 1.30. The highest BCUT2D eigenvalue weighted by Gasteiger charge is 2.46. The minimum atomic E-state index is 0.116. The van der Waals surface area contributed by atoms with E-state index in [9.17, 15) is 0 Å². The van der Waals surface area contributed by atoms with Crippen LogP contribution in [0.2, 0.25) is 0 Å². The van der Waals surface area contributed by atoms with Crippen molar-refractivity contribution in [1.29, 1.82) is 0 Å². The zero-order valence-electron chi connectivity index (χ0n) is 13.0. The first kappa shape index (κ1) is 15.2. The molecule has 2 rings (SSSR count). The van der Waals surface area contributed by atoms with Crippen LogP contribution in [0.25, 0.3) is 0 Å². The lowest BCUT2D eigenvalue weighted by Crippen LogP contribution is -2.68. The molecule has 2 heterocycles. The van der Waals surface area contributed by atoms with E-state index in [1.54, 1.807) is 0 Å². The summed E-state index contributed by atoms with van der Waals surface area (Å²) in [4.78, 5) is 5.23. The van der Waals surface area contributed by atoms with E-state index in [1.807, 2.05) is 0 Å². The molecule has 0 amide bonds. The number of ether oxygens (including phenoxy) is 1. The molecule has 0 aromatic rings. The molecule has 4 heteroatoms. The van der Waals surface area contributed by atoms with Crippen LogP contribution in [0.3, 0.4) is 0 Å². The van der Waals surface area contributed by atoms with Crippen LogP contribution in [0.15, 0.2) is 0 Å². The van der Waals surface area contributed by atoms with Gasteiger partial charge in [0.05, 0.1) is 13.2 Å². The molecule has 0 atom stereocenters. The molecule has 0 saturated carbocycles. The monoisotopic (exact) mass is 269 g/mol. The van der Waals surface area contributed by atoms with Crippen molar-refractivity contribution in [2.24, 2.45) is 5.73 Å². The summed E-state index contributed by atoms with van der Waals surface area (Å²) in [5.41, 5.74) is 6.52. The van der Waals surface area contributed by atoms with E-state index < -0.39 is 0 Å². The van der Waals surface area contributed by atoms with Crippen LogP contribution in [0.4, 0.5) is 0 Å². The van der Waals surface area contributed by atoms with Gasteiger partial charge in [-0.1, -0.05) is 6.92 Å². The Balaban J connectivity index is 2.06. The van der Waals surface area contributed by atoms with Gasteiger partial charge < -0.3 is 15.4 Å². The molecule has 2 saturated heterocycles. The SMILES string of the molecule is CCCN1CCC(CN)(N2CCOCC2(C)C)CC1. The fourth-order valence-corrected chi connectivity index (χ4v) is 3.83. The predicted molar refractivity (Wildman–Crippen MR) is 79.4 cm³/mol. The maximum absolute atomic E-state index is 6.21. The van der Waals surface area contributed by atoms with Gasteiger partial charge in [-0.05, 0) is 52.7 Å². The molecule has 0 unspecified atom stereocenters. The summed E-state index contributed by atoms with van der Waals surface area (Å²) in [5, 5.41) is 0. The second-order valence-corrected chi connectivity index (χ2v) is 6.79. The topological polar surface area (TPSA) is 41.7 Å². The van der Waals surface area contributed by atoms with Gasteiger partial charge >= 0.3 is 0 Å². The largest absolute Gasteiger partial charge is 0.378 e. The first-order chi connectivity index (χ1) is 9.04. The molecule has 2 fully saturated rings. The number of piperidine rings is 1. The van der Waals surface area contributed by atoms with Crippen LogP contribution in [0.1, 0.15) is 40.0 Å². The summed E-state index contributed by atoms with van der Waals surface area (Å²) in [6, 6.07) is 0. The standard InChI is InChI=1S/C15H31N3O/c1-4-7-17-8-5-15(12-16,6-9-17)18-10-11-19-13-14(18,2)3/h4-13,16H2,1-3H3. The molecule has 0 aromatic carbocycles. The molecule has 0 aliphatic carbocycles. The normalized spacial score (nSPS) is 28.4. The maximum Gasteiger partial charge on any atom is 0.0645 e. The van der Waals surface area contributed by atoms with E-state index in [1.165, 1.54) is 38.9 Å². The fraction of sp³-hybridized carbons (Fsp3) is 1.00. The van der Waals surface area contributed by atoms with Gasteiger partial charge in [0, 0.05) is 24.2 Å². The molecule has 19 heavy (non-hydrogen) atoms. The molecule has 2 aliphatic heterocycles. The number of rotatable bonds is 4. The van der Waals surface area contributed by atoms with Crippen molar-refractivity contribution >= 4 is 0 Å². The van der Waals surface area contributed by atoms with Gasteiger partial charge in [0.25, 0.3) is 0 Å². The van der Waals surface area contributed by atoms with E-state index in [2.05, 4.69) is 30.6 Å². The first-order valence-electron chi connectivity index (χ1n) is 7.82. The van der Waals surface area contributed by atoms with Crippen LogP contribution in [-0.4, -0.2) is 66.8 Å². The van der Waals surface area contributed by atoms with Crippen molar-refractivity contribution in [3.05, 3.63) is 0 Å². The van der Waals surface area contributed by atoms with Gasteiger partial charge in [-0.25, -0.2) is 0 Å². The number of hydrogen-bond acceptors (Lipinski definition) is 4. The lowest BCUT2D eigenvalue weighted by molar-refractivity contribution is -0.118. The highest BCUT2D eigenvalue weighted by molar-refractivity contribution is 5.02. The van der Waals surface area contributed by atoms with Gasteiger partial charge in [-0.2, -0.15) is 0 Å². The van der Waals surface area contributed by atoms with Crippen LogP contribution < -0.4 is 5.73 Å². The average Bonchev–Trinajstić information content (AvgIpc) is 2.40. The Bertz CT molecular complexity index is 285. The van der Waals surface area contributed by atoms with Crippen molar-refractivity contribution in [2.75, 3.05) is 45.9 Å². The number of nitrogens with zero attached hydrogens (tertiary/aromatic N) is 2. The summed E-state index contributed by atoms with van der Waals surface area (Å²) in [6.45, 7) is 13.9. The van der Waals surface area contributed by atoms with Crippen molar-refractivity contribution in [2.45, 2.75) is 51.1 Å². The quantitative estimate of drug-likeness (QED) is 0.835. The Morgan fingerprint density at radius 2 is 1.84 bits per heavy atom. The number of morpholine rings is 1. The van der Waals surface area contributed by atoms with Gasteiger partial charge in [-0.3, -0.25) is 4.90 Å². The van der Waals surface area contributed by atoms with Crippen molar-refractivity contribution in [3.63, 3.8) is 0 Å². The van der Waals surface area contributed by atoms with Gasteiger partial charge in [-0.15, -0.1) is 0 Å². The Hall–Kier alpha value is -0.160. The van der Waals surface area contributed by atoms with E-state index in [0.717, 1.165) is 26.3 Å². The number of nitrogens with two attached hydrogens (primary N) is 1. The van der Waals surface area contributed by atoms with E-state index >= 15 is 0 Å². The molecule has 0 bridgehead atoms. The number of hydrogen-bond donors (Lipinski definition) is 1. The fourth-order valence-electron chi connectivity index (χ4n) is 3.83. The molecular formula is C15H31N3O. The lowest BCUT2D eigenvalue weighted by atomic mass is 9.81. The second kappa shape index (κ2) is 6.08. The van der Waals surface area contributed by atoms with Crippen LogP contribution >= 0.6 is 0 Å². The summed E-state index contributed by atoms with van der Waals surface area (Å²) < 4.78 is 5.66. The lowest BCUT2D eigenvalue weighted by Gasteiger charge is -2.56. The highest BCUT2D eigenvalue weighted by atomic mass is 16.5. The zero-order valence-corrected chi connectivity index (χ0v) is 13.0. The smallest absolute Gasteiger partial charge is 0.0645 e. The molecule has 112 valence electrons. The summed E-state index contributed by atoms with van der Waals surface area (Å²) in [7, 11) is 0. The number of likely N-dealkylation sites (tertiary alicyclic amines) is 1. The third kappa shape index (κ3) is 3.13. The minimum Gasteiger partial charge on any atom is -0.378 e. The molecule has 2 aliphatic rings. The summed E-state index contributed by atoms with van der Waals surface area (Å²) in [5.74, 6) is 0. The van der Waals surface area contributed by atoms with Crippen molar-refractivity contribution < 1.29 is 4.74 Å². The molecule has 0 radical (unpaired) electrons. The Morgan fingerprint density at radius 3 is 2.37 bits per heavy atom. The third-order valence-corrected chi connectivity index (χ3v) is 4.92. The second-order valence-electron chi connectivity index (χ2n) is 6.79. The van der Waals surface area contributed by atoms with Gasteiger partial charge in [0.15, 0.2) is 0 Å². The van der Waals surface area contributed by atoms with Crippen LogP contribution in [0, 0.1) is 0 Å². The minimum absolute atomic E-state index is 0.116. The van der Waals surface area contributed by atoms with Crippen LogP contribution in [-0.2, 0) is 4.74 Å². The third-order valence-electron chi connectivity index (χ3n) is 4.92. The van der Waals surface area contributed by atoms with Gasteiger partial charge in [0.1, 0.15) is 0 Å². The van der Waals surface area contributed by atoms with Crippen molar-refractivity contribution in [3.8, 4) is 0 Å². The zero-order chi connectivity index (χ0) is 13.9. The molecule has 4 nitrogen and oxygen atoms in total. The summed E-state index contributed by atoms with van der Waals surface area (Å²) in [6.07, 6.45) is 3.65.